The van der Waals surface area contributed by atoms with Gasteiger partial charge in [0.1, 0.15) is 16.4 Å². The number of nitrogens with zero attached hydrogens (tertiary/aromatic N) is 5. The monoisotopic (exact) mass is 339 g/mol. The Labute approximate surface area is 143 Å². The minimum Gasteiger partial charge on any atom is -0.301 e. The molecule has 0 radical (unpaired) electrons. The molecule has 114 valence electrons. The zero-order valence-electron chi connectivity index (χ0n) is 12.2. The third-order valence-electron chi connectivity index (χ3n) is 3.62. The fourth-order valence-corrected chi connectivity index (χ4v) is 3.51. The minimum atomic E-state index is 0.769. The Kier molecular flexibility index (Phi) is 3.59. The largest absolute Gasteiger partial charge is 0.301 e. The minimum absolute atomic E-state index is 0.769. The third kappa shape index (κ3) is 2.62. The van der Waals surface area contributed by atoms with Crippen LogP contribution in [0.3, 0.4) is 0 Å². The van der Waals surface area contributed by atoms with Crippen molar-refractivity contribution in [2.24, 2.45) is 0 Å². The Morgan fingerprint density at radius 3 is 2.96 bits per heavy atom. The van der Waals surface area contributed by atoms with E-state index in [1.165, 1.54) is 0 Å². The number of thiol groups is 1. The molecule has 1 aliphatic heterocycles. The van der Waals surface area contributed by atoms with Crippen molar-refractivity contribution in [3.63, 3.8) is 0 Å². The predicted molar refractivity (Wildman–Crippen MR) is 96.4 cm³/mol. The van der Waals surface area contributed by atoms with E-state index in [9.17, 15) is 0 Å². The maximum absolute atomic E-state index is 4.72. The molecule has 0 atom stereocenters. The highest BCUT2D eigenvalue weighted by molar-refractivity contribution is 7.81. The summed E-state index contributed by atoms with van der Waals surface area (Å²) in [5.74, 6) is 0.769. The highest BCUT2D eigenvalue weighted by Gasteiger charge is 2.21. The zero-order chi connectivity index (χ0) is 15.8. The average Bonchev–Trinajstić information content (AvgIpc) is 3.09. The maximum atomic E-state index is 4.72. The number of rotatable bonds is 2. The summed E-state index contributed by atoms with van der Waals surface area (Å²) in [5, 5.41) is 0.919. The van der Waals surface area contributed by atoms with Crippen molar-refractivity contribution in [1.29, 1.82) is 0 Å². The molecule has 0 saturated heterocycles. The normalized spacial score (nSPS) is 14.0. The first-order valence-corrected chi connectivity index (χ1v) is 8.32. The molecule has 0 aromatic carbocycles. The van der Waals surface area contributed by atoms with Crippen LogP contribution >= 0.6 is 24.2 Å². The molecule has 3 aromatic rings. The van der Waals surface area contributed by atoms with Gasteiger partial charge in [-0.3, -0.25) is 4.98 Å². The summed E-state index contributed by atoms with van der Waals surface area (Å²) in [6, 6.07) is 3.90. The second kappa shape index (κ2) is 5.75. The van der Waals surface area contributed by atoms with Gasteiger partial charge in [0.15, 0.2) is 5.82 Å². The lowest BCUT2D eigenvalue weighted by Crippen LogP contribution is -2.21. The number of aromatic nitrogens is 4. The zero-order valence-corrected chi connectivity index (χ0v) is 13.9. The van der Waals surface area contributed by atoms with Crippen molar-refractivity contribution in [3.05, 3.63) is 49.2 Å². The van der Waals surface area contributed by atoms with E-state index in [2.05, 4.69) is 34.3 Å². The molecule has 1 aliphatic rings. The first kappa shape index (κ1) is 14.3. The van der Waals surface area contributed by atoms with Gasteiger partial charge in [-0.15, -0.1) is 11.3 Å². The first-order valence-electron chi connectivity index (χ1n) is 7.10. The van der Waals surface area contributed by atoms with Gasteiger partial charge in [0.05, 0.1) is 11.1 Å². The second-order valence-corrected chi connectivity index (χ2v) is 6.69. The van der Waals surface area contributed by atoms with Gasteiger partial charge in [0, 0.05) is 30.7 Å². The van der Waals surface area contributed by atoms with Crippen molar-refractivity contribution in [3.8, 4) is 21.1 Å². The van der Waals surface area contributed by atoms with Crippen LogP contribution in [0, 0.1) is 0 Å². The molecule has 4 heterocycles. The third-order valence-corrected chi connectivity index (χ3v) is 5.08. The summed E-state index contributed by atoms with van der Waals surface area (Å²) >= 11 is 6.00. The summed E-state index contributed by atoms with van der Waals surface area (Å²) in [7, 11) is 0. The lowest BCUT2D eigenvalue weighted by atomic mass is 10.1. The van der Waals surface area contributed by atoms with Crippen molar-refractivity contribution in [1.82, 2.24) is 19.9 Å². The molecular weight excluding hydrogens is 326 g/mol. The van der Waals surface area contributed by atoms with E-state index >= 15 is 0 Å². The summed E-state index contributed by atoms with van der Waals surface area (Å²) in [4.78, 5) is 18.8. The number of anilines is 1. The summed E-state index contributed by atoms with van der Waals surface area (Å²) < 4.78 is 1.81. The van der Waals surface area contributed by atoms with Crippen LogP contribution in [0.2, 0.25) is 0 Å². The Hall–Kier alpha value is -2.25. The molecular formula is C16H13N5S2. The van der Waals surface area contributed by atoms with Gasteiger partial charge in [0.25, 0.3) is 0 Å². The molecule has 4 rings (SSSR count). The average molecular weight is 339 g/mol. The van der Waals surface area contributed by atoms with Crippen molar-refractivity contribution in [2.45, 2.75) is 6.42 Å². The van der Waals surface area contributed by atoms with Crippen LogP contribution in [0.4, 0.5) is 5.82 Å². The van der Waals surface area contributed by atoms with Crippen LogP contribution in [0.25, 0.3) is 26.7 Å². The molecule has 0 spiro atoms. The van der Waals surface area contributed by atoms with Gasteiger partial charge in [-0.1, -0.05) is 19.4 Å². The van der Waals surface area contributed by atoms with E-state index in [0.29, 0.717) is 0 Å². The molecule has 0 amide bonds. The van der Waals surface area contributed by atoms with E-state index in [1.54, 1.807) is 23.7 Å². The molecule has 3 aromatic heterocycles. The lowest BCUT2D eigenvalue weighted by molar-refractivity contribution is 0.937. The Morgan fingerprint density at radius 1 is 1.22 bits per heavy atom. The number of pyridine rings is 1. The first-order chi connectivity index (χ1) is 11.2. The van der Waals surface area contributed by atoms with Crippen LogP contribution in [0.15, 0.2) is 43.5 Å². The molecule has 5 nitrogen and oxygen atoms in total. The molecule has 0 saturated carbocycles. The Balaban J connectivity index is 1.73. The highest BCUT2D eigenvalue weighted by Crippen LogP contribution is 2.35. The number of fused-ring (bicyclic) bond motifs is 1. The van der Waals surface area contributed by atoms with Crippen LogP contribution < -0.4 is 4.31 Å². The highest BCUT2D eigenvalue weighted by atomic mass is 32.1. The van der Waals surface area contributed by atoms with Gasteiger partial charge < -0.3 is 4.31 Å². The van der Waals surface area contributed by atoms with E-state index in [-0.39, 0.29) is 0 Å². The van der Waals surface area contributed by atoms with Gasteiger partial charge in [-0.05, 0) is 24.1 Å². The van der Waals surface area contributed by atoms with Crippen LogP contribution in [-0.2, 0) is 0 Å². The Morgan fingerprint density at radius 2 is 2.13 bits per heavy atom. The predicted octanol–water partition coefficient (Wildman–Crippen LogP) is 3.73. The van der Waals surface area contributed by atoms with E-state index in [1.807, 2.05) is 28.8 Å². The van der Waals surface area contributed by atoms with Crippen molar-refractivity contribution < 1.29 is 0 Å². The summed E-state index contributed by atoms with van der Waals surface area (Å²) in [5.41, 5.74) is 3.62. The fourth-order valence-electron chi connectivity index (χ4n) is 2.41. The van der Waals surface area contributed by atoms with Crippen LogP contribution in [0.5, 0.6) is 0 Å². The van der Waals surface area contributed by atoms with Crippen LogP contribution in [-0.4, -0.2) is 26.5 Å². The van der Waals surface area contributed by atoms with Crippen molar-refractivity contribution >= 4 is 35.5 Å². The van der Waals surface area contributed by atoms with Gasteiger partial charge in [0.2, 0.25) is 0 Å². The summed E-state index contributed by atoms with van der Waals surface area (Å²) in [6.45, 7) is 4.89. The number of thiazole rings is 1. The van der Waals surface area contributed by atoms with Gasteiger partial charge >= 0.3 is 0 Å². The number of hydrogen-bond acceptors (Lipinski definition) is 7. The topological polar surface area (TPSA) is 54.8 Å². The quantitative estimate of drug-likeness (QED) is 0.721. The molecule has 0 fully saturated rings. The van der Waals surface area contributed by atoms with E-state index < -0.39 is 0 Å². The standard InChI is InChI=1S/C16H13N5S2/c1-10-4-6-21(22)15-14(10)20-12(8-18-15)13-9-19-16(23-13)11-3-2-5-17-7-11/h2-3,5,7-9,22H,1,4,6H2. The number of hydrogen-bond donors (Lipinski definition) is 1. The second-order valence-electron chi connectivity index (χ2n) is 5.18. The lowest BCUT2D eigenvalue weighted by Gasteiger charge is -2.25. The Bertz CT molecular complexity index is 875. The smallest absolute Gasteiger partial charge is 0.164 e. The van der Waals surface area contributed by atoms with E-state index in [4.69, 9.17) is 4.98 Å². The molecule has 7 heteroatoms. The SMILES string of the molecule is C=C1CCN(S)c2ncc(-c3cnc(-c4cccnc4)s3)nc21. The van der Waals surface area contributed by atoms with Crippen LogP contribution in [0.1, 0.15) is 12.1 Å². The van der Waals surface area contributed by atoms with E-state index in [0.717, 1.165) is 51.2 Å². The molecule has 23 heavy (non-hydrogen) atoms. The molecule has 0 unspecified atom stereocenters. The summed E-state index contributed by atoms with van der Waals surface area (Å²) in [6.07, 6.45) is 8.00. The fraction of sp³-hybridized carbons (Fsp3) is 0.125. The molecule has 0 aliphatic carbocycles. The molecule has 0 N–H and O–H groups in total. The molecule has 0 bridgehead atoms. The van der Waals surface area contributed by atoms with Crippen molar-refractivity contribution in [2.75, 3.05) is 10.8 Å². The maximum Gasteiger partial charge on any atom is 0.164 e. The van der Waals surface area contributed by atoms with Gasteiger partial charge in [-0.25, -0.2) is 15.0 Å². The van der Waals surface area contributed by atoms with Gasteiger partial charge in [-0.2, -0.15) is 0 Å².